The van der Waals surface area contributed by atoms with Gasteiger partial charge >= 0.3 is 0 Å². The molecule has 2 aliphatic rings. The fourth-order valence-electron chi connectivity index (χ4n) is 2.42. The van der Waals surface area contributed by atoms with E-state index in [0.717, 1.165) is 17.2 Å². The van der Waals surface area contributed by atoms with E-state index in [9.17, 15) is 0 Å². The Balaban J connectivity index is 1.87. The van der Waals surface area contributed by atoms with E-state index in [-0.39, 0.29) is 6.10 Å². The minimum atomic E-state index is -0.00822. The molecule has 0 spiro atoms. The molecule has 1 unspecified atom stereocenters. The van der Waals surface area contributed by atoms with Gasteiger partial charge in [-0.15, -0.1) is 0 Å². The highest BCUT2D eigenvalue weighted by atomic mass is 35.5. The quantitative estimate of drug-likeness (QED) is 0.746. The van der Waals surface area contributed by atoms with Crippen LogP contribution in [0.4, 0.5) is 0 Å². The molecule has 0 bridgehead atoms. The molecule has 1 nitrogen and oxygen atoms in total. The summed E-state index contributed by atoms with van der Waals surface area (Å²) in [5.74, 6) is 0.843. The summed E-state index contributed by atoms with van der Waals surface area (Å²) in [5.41, 5.74) is 3.85. The van der Waals surface area contributed by atoms with E-state index < -0.39 is 0 Å². The van der Waals surface area contributed by atoms with Gasteiger partial charge in [-0.05, 0) is 54.8 Å². The Labute approximate surface area is 118 Å². The molecule has 0 N–H and O–H groups in total. The predicted molar refractivity (Wildman–Crippen MR) is 79.5 cm³/mol. The monoisotopic (exact) mass is 270 g/mol. The maximum Gasteiger partial charge on any atom is 0.143 e. The lowest BCUT2D eigenvalue weighted by Crippen LogP contribution is -2.22. The van der Waals surface area contributed by atoms with Gasteiger partial charge in [-0.1, -0.05) is 41.5 Å². The molecule has 96 valence electrons. The second-order valence-electron chi connectivity index (χ2n) is 4.83. The zero-order valence-electron chi connectivity index (χ0n) is 10.8. The van der Waals surface area contributed by atoms with Gasteiger partial charge in [0.2, 0.25) is 0 Å². The summed E-state index contributed by atoms with van der Waals surface area (Å²) in [6.07, 6.45) is 11.8. The third kappa shape index (κ3) is 2.66. The van der Waals surface area contributed by atoms with Crippen molar-refractivity contribution >= 4 is 11.6 Å². The Hall–Kier alpha value is -1.73. The first-order valence-electron chi connectivity index (χ1n) is 6.41. The van der Waals surface area contributed by atoms with Gasteiger partial charge in [0.1, 0.15) is 11.9 Å². The van der Waals surface area contributed by atoms with Crippen LogP contribution in [-0.2, 0) is 0 Å². The van der Waals surface area contributed by atoms with Crippen LogP contribution in [0.1, 0.15) is 13.3 Å². The number of allylic oxidation sites excluding steroid dienone is 5. The van der Waals surface area contributed by atoms with Crippen LogP contribution < -0.4 is 4.74 Å². The molecule has 0 heterocycles. The molecule has 0 fully saturated rings. The second-order valence-corrected chi connectivity index (χ2v) is 5.26. The highest BCUT2D eigenvalue weighted by Gasteiger charge is 2.21. The van der Waals surface area contributed by atoms with Crippen molar-refractivity contribution in [2.45, 2.75) is 19.4 Å². The van der Waals surface area contributed by atoms with E-state index in [2.05, 4.69) is 37.3 Å². The zero-order valence-corrected chi connectivity index (χ0v) is 11.5. The average molecular weight is 271 g/mol. The van der Waals surface area contributed by atoms with Crippen molar-refractivity contribution < 1.29 is 4.74 Å². The molecule has 2 heteroatoms. The van der Waals surface area contributed by atoms with E-state index in [1.54, 1.807) is 0 Å². The van der Waals surface area contributed by atoms with Crippen LogP contribution in [0.2, 0.25) is 5.02 Å². The highest BCUT2D eigenvalue weighted by molar-refractivity contribution is 6.30. The van der Waals surface area contributed by atoms with Crippen molar-refractivity contribution in [2.24, 2.45) is 0 Å². The molecule has 0 saturated carbocycles. The van der Waals surface area contributed by atoms with Crippen LogP contribution >= 0.6 is 11.6 Å². The number of benzene rings is 1. The van der Waals surface area contributed by atoms with Gasteiger partial charge in [-0.2, -0.15) is 0 Å². The first-order valence-corrected chi connectivity index (χ1v) is 6.78. The number of hydrogen-bond donors (Lipinski definition) is 0. The third-order valence-corrected chi connectivity index (χ3v) is 3.57. The SMILES string of the molecule is CC1=CC(Oc2ccc(Cl)cc2)C2=CC=CCC2=C1. The Kier molecular flexibility index (Phi) is 3.31. The largest absolute Gasteiger partial charge is 0.482 e. The number of rotatable bonds is 2. The summed E-state index contributed by atoms with van der Waals surface area (Å²) in [6, 6.07) is 7.51. The van der Waals surface area contributed by atoms with Crippen LogP contribution in [-0.4, -0.2) is 6.10 Å². The van der Waals surface area contributed by atoms with Crippen molar-refractivity contribution in [2.75, 3.05) is 0 Å². The smallest absolute Gasteiger partial charge is 0.143 e. The molecule has 0 amide bonds. The number of halogens is 1. The number of ether oxygens (including phenoxy) is 1. The van der Waals surface area contributed by atoms with Crippen LogP contribution in [0, 0.1) is 0 Å². The predicted octanol–water partition coefficient (Wildman–Crippen LogP) is 4.86. The average Bonchev–Trinajstić information content (AvgIpc) is 2.41. The molecule has 0 saturated heterocycles. The summed E-state index contributed by atoms with van der Waals surface area (Å²) in [7, 11) is 0. The maximum atomic E-state index is 6.07. The summed E-state index contributed by atoms with van der Waals surface area (Å²) in [4.78, 5) is 0. The summed E-state index contributed by atoms with van der Waals surface area (Å²) in [5, 5.41) is 0.725. The lowest BCUT2D eigenvalue weighted by atomic mass is 9.87. The maximum absolute atomic E-state index is 6.07. The lowest BCUT2D eigenvalue weighted by Gasteiger charge is -2.26. The zero-order chi connectivity index (χ0) is 13.2. The van der Waals surface area contributed by atoms with Gasteiger partial charge in [0.15, 0.2) is 0 Å². The highest BCUT2D eigenvalue weighted by Crippen LogP contribution is 2.31. The van der Waals surface area contributed by atoms with Gasteiger partial charge in [0, 0.05) is 5.02 Å². The molecule has 3 rings (SSSR count). The summed E-state index contributed by atoms with van der Waals surface area (Å²) in [6.45, 7) is 2.11. The molecule has 0 aliphatic heterocycles. The normalized spacial score (nSPS) is 21.2. The van der Waals surface area contributed by atoms with Crippen molar-refractivity contribution in [3.8, 4) is 5.75 Å². The molecular formula is C17H15ClO. The van der Waals surface area contributed by atoms with E-state index >= 15 is 0 Å². The molecular weight excluding hydrogens is 256 g/mol. The van der Waals surface area contributed by atoms with Gasteiger partial charge in [0.05, 0.1) is 0 Å². The fraction of sp³-hybridized carbons (Fsp3) is 0.176. The Morgan fingerprint density at radius 1 is 1.21 bits per heavy atom. The molecule has 0 aromatic heterocycles. The second kappa shape index (κ2) is 5.10. The van der Waals surface area contributed by atoms with Crippen LogP contribution in [0.15, 0.2) is 71.4 Å². The van der Waals surface area contributed by atoms with E-state index in [1.807, 2.05) is 24.3 Å². The molecule has 0 radical (unpaired) electrons. The van der Waals surface area contributed by atoms with Crippen molar-refractivity contribution in [3.05, 3.63) is 76.4 Å². The fourth-order valence-corrected chi connectivity index (χ4v) is 2.55. The van der Waals surface area contributed by atoms with E-state index in [1.165, 1.54) is 16.7 Å². The third-order valence-electron chi connectivity index (χ3n) is 3.32. The van der Waals surface area contributed by atoms with Crippen molar-refractivity contribution in [3.63, 3.8) is 0 Å². The van der Waals surface area contributed by atoms with Gasteiger partial charge in [-0.25, -0.2) is 0 Å². The van der Waals surface area contributed by atoms with Crippen LogP contribution in [0.5, 0.6) is 5.75 Å². The number of hydrogen-bond acceptors (Lipinski definition) is 1. The van der Waals surface area contributed by atoms with Crippen LogP contribution in [0.3, 0.4) is 0 Å². The van der Waals surface area contributed by atoms with E-state index in [0.29, 0.717) is 0 Å². The summed E-state index contributed by atoms with van der Waals surface area (Å²) >= 11 is 5.89. The Morgan fingerprint density at radius 3 is 2.79 bits per heavy atom. The summed E-state index contributed by atoms with van der Waals surface area (Å²) < 4.78 is 6.07. The van der Waals surface area contributed by atoms with Crippen molar-refractivity contribution in [1.29, 1.82) is 0 Å². The minimum Gasteiger partial charge on any atom is -0.482 e. The van der Waals surface area contributed by atoms with Gasteiger partial charge in [0.25, 0.3) is 0 Å². The van der Waals surface area contributed by atoms with Crippen molar-refractivity contribution in [1.82, 2.24) is 0 Å². The van der Waals surface area contributed by atoms with Crippen LogP contribution in [0.25, 0.3) is 0 Å². The standard InChI is InChI=1S/C17H15ClO/c1-12-10-13-4-2-3-5-16(13)17(11-12)19-15-8-6-14(18)7-9-15/h2-3,5-11,17H,4H2,1H3. The lowest BCUT2D eigenvalue weighted by molar-refractivity contribution is 0.284. The first-order chi connectivity index (χ1) is 9.22. The van der Waals surface area contributed by atoms with Gasteiger partial charge in [-0.3, -0.25) is 0 Å². The minimum absolute atomic E-state index is 0.00822. The topological polar surface area (TPSA) is 9.23 Å². The van der Waals surface area contributed by atoms with E-state index in [4.69, 9.17) is 16.3 Å². The molecule has 2 aliphatic carbocycles. The molecule has 1 aromatic carbocycles. The first kappa shape index (κ1) is 12.3. The molecule has 1 aromatic rings. The molecule has 19 heavy (non-hydrogen) atoms. The number of fused-ring (bicyclic) bond motifs is 1. The molecule has 1 atom stereocenters. The Bertz CT molecular complexity index is 603. The Morgan fingerprint density at radius 2 is 2.00 bits per heavy atom. The van der Waals surface area contributed by atoms with Gasteiger partial charge < -0.3 is 4.74 Å².